The summed E-state index contributed by atoms with van der Waals surface area (Å²) in [6.45, 7) is 5.01. The molecule has 2 rings (SSSR count). The quantitative estimate of drug-likeness (QED) is 0.899. The lowest BCUT2D eigenvalue weighted by atomic mass is 9.99. The zero-order chi connectivity index (χ0) is 13.8. The maximum atomic E-state index is 13.3. The molecule has 2 aromatic rings. The SMILES string of the molecule is CCCn1ccnc1CC(N)c1cc(F)ccc1C. The summed E-state index contributed by atoms with van der Waals surface area (Å²) in [5, 5.41) is 0. The molecule has 0 radical (unpaired) electrons. The zero-order valence-corrected chi connectivity index (χ0v) is 11.4. The van der Waals surface area contributed by atoms with Gasteiger partial charge in [-0.2, -0.15) is 0 Å². The Morgan fingerprint density at radius 1 is 1.42 bits per heavy atom. The molecule has 0 aliphatic heterocycles. The highest BCUT2D eigenvalue weighted by atomic mass is 19.1. The Labute approximate surface area is 113 Å². The normalized spacial score (nSPS) is 12.6. The first-order chi connectivity index (χ1) is 9.11. The topological polar surface area (TPSA) is 43.8 Å². The van der Waals surface area contributed by atoms with Crippen LogP contribution in [0, 0.1) is 12.7 Å². The molecule has 1 aromatic heterocycles. The molecular weight excluding hydrogens is 241 g/mol. The van der Waals surface area contributed by atoms with Gasteiger partial charge in [0.1, 0.15) is 11.6 Å². The summed E-state index contributed by atoms with van der Waals surface area (Å²) >= 11 is 0. The summed E-state index contributed by atoms with van der Waals surface area (Å²) in [4.78, 5) is 4.34. The van der Waals surface area contributed by atoms with E-state index in [2.05, 4.69) is 16.5 Å². The van der Waals surface area contributed by atoms with Gasteiger partial charge in [-0.3, -0.25) is 0 Å². The third kappa shape index (κ3) is 3.20. The first-order valence-electron chi connectivity index (χ1n) is 6.63. The van der Waals surface area contributed by atoms with Gasteiger partial charge in [0.15, 0.2) is 0 Å². The molecular formula is C15H20FN3. The number of aromatic nitrogens is 2. The molecule has 0 spiro atoms. The third-order valence-corrected chi connectivity index (χ3v) is 3.31. The number of rotatable bonds is 5. The van der Waals surface area contributed by atoms with Crippen molar-refractivity contribution < 1.29 is 4.39 Å². The molecule has 1 unspecified atom stereocenters. The smallest absolute Gasteiger partial charge is 0.123 e. The van der Waals surface area contributed by atoms with Gasteiger partial charge in [0.2, 0.25) is 0 Å². The number of hydrogen-bond acceptors (Lipinski definition) is 2. The number of imidazole rings is 1. The predicted octanol–water partition coefficient (Wildman–Crippen LogP) is 2.98. The second-order valence-electron chi connectivity index (χ2n) is 4.85. The summed E-state index contributed by atoms with van der Waals surface area (Å²) in [6, 6.07) is 4.52. The number of nitrogens with two attached hydrogens (primary N) is 1. The summed E-state index contributed by atoms with van der Waals surface area (Å²) < 4.78 is 15.4. The van der Waals surface area contributed by atoms with Crippen LogP contribution in [0.3, 0.4) is 0 Å². The molecule has 3 nitrogen and oxygen atoms in total. The van der Waals surface area contributed by atoms with Crippen molar-refractivity contribution in [2.24, 2.45) is 5.73 Å². The average molecular weight is 261 g/mol. The van der Waals surface area contributed by atoms with Crippen LogP contribution in [0.2, 0.25) is 0 Å². The lowest BCUT2D eigenvalue weighted by Crippen LogP contribution is -2.17. The Morgan fingerprint density at radius 2 is 2.21 bits per heavy atom. The summed E-state index contributed by atoms with van der Waals surface area (Å²) in [6.07, 6.45) is 5.43. The highest BCUT2D eigenvalue weighted by Gasteiger charge is 2.13. The largest absolute Gasteiger partial charge is 0.335 e. The molecule has 0 saturated heterocycles. The van der Waals surface area contributed by atoms with E-state index >= 15 is 0 Å². The van der Waals surface area contributed by atoms with Gasteiger partial charge in [-0.05, 0) is 36.6 Å². The van der Waals surface area contributed by atoms with Crippen LogP contribution < -0.4 is 5.73 Å². The van der Waals surface area contributed by atoms with Gasteiger partial charge in [0.05, 0.1) is 0 Å². The average Bonchev–Trinajstić information content (AvgIpc) is 2.80. The van der Waals surface area contributed by atoms with Crippen LogP contribution in [0.4, 0.5) is 4.39 Å². The van der Waals surface area contributed by atoms with Crippen LogP contribution >= 0.6 is 0 Å². The van der Waals surface area contributed by atoms with Crippen molar-refractivity contribution in [3.05, 3.63) is 53.4 Å². The third-order valence-electron chi connectivity index (χ3n) is 3.31. The molecule has 2 N–H and O–H groups in total. The van der Waals surface area contributed by atoms with E-state index in [4.69, 9.17) is 5.73 Å². The molecule has 0 saturated carbocycles. The number of nitrogens with zero attached hydrogens (tertiary/aromatic N) is 2. The minimum atomic E-state index is -0.243. The molecule has 1 atom stereocenters. The van der Waals surface area contributed by atoms with E-state index < -0.39 is 0 Å². The van der Waals surface area contributed by atoms with E-state index in [-0.39, 0.29) is 11.9 Å². The molecule has 0 fully saturated rings. The van der Waals surface area contributed by atoms with Crippen molar-refractivity contribution in [2.45, 2.75) is 39.3 Å². The van der Waals surface area contributed by atoms with Gasteiger partial charge in [0.25, 0.3) is 0 Å². The van der Waals surface area contributed by atoms with Crippen LogP contribution in [0.25, 0.3) is 0 Å². The molecule has 19 heavy (non-hydrogen) atoms. The zero-order valence-electron chi connectivity index (χ0n) is 11.4. The standard InChI is InChI=1S/C15H20FN3/c1-3-7-19-8-6-18-15(19)10-14(17)13-9-12(16)5-4-11(13)2/h4-6,8-9,14H,3,7,10,17H2,1-2H3. The van der Waals surface area contributed by atoms with E-state index in [0.29, 0.717) is 6.42 Å². The molecule has 0 aliphatic rings. The fraction of sp³-hybridized carbons (Fsp3) is 0.400. The molecule has 102 valence electrons. The fourth-order valence-electron chi connectivity index (χ4n) is 2.29. The second-order valence-corrected chi connectivity index (χ2v) is 4.85. The van der Waals surface area contributed by atoms with Crippen molar-refractivity contribution in [1.29, 1.82) is 0 Å². The number of aryl methyl sites for hydroxylation is 2. The molecule has 0 bridgehead atoms. The van der Waals surface area contributed by atoms with Crippen molar-refractivity contribution in [2.75, 3.05) is 0 Å². The number of hydrogen-bond donors (Lipinski definition) is 1. The highest BCUT2D eigenvalue weighted by Crippen LogP contribution is 2.20. The lowest BCUT2D eigenvalue weighted by molar-refractivity contribution is 0.588. The molecule has 0 amide bonds. The predicted molar refractivity (Wildman–Crippen MR) is 74.3 cm³/mol. The van der Waals surface area contributed by atoms with E-state index in [1.807, 2.05) is 13.1 Å². The Morgan fingerprint density at radius 3 is 2.95 bits per heavy atom. The second kappa shape index (κ2) is 5.97. The van der Waals surface area contributed by atoms with Crippen LogP contribution in [0.15, 0.2) is 30.6 Å². The summed E-state index contributed by atoms with van der Waals surface area (Å²) in [5.41, 5.74) is 8.07. The van der Waals surface area contributed by atoms with E-state index in [9.17, 15) is 4.39 Å². The minimum absolute atomic E-state index is 0.228. The van der Waals surface area contributed by atoms with Gasteiger partial charge in [-0.25, -0.2) is 9.37 Å². The van der Waals surface area contributed by atoms with Crippen LogP contribution in [0.1, 0.15) is 36.3 Å². The Balaban J connectivity index is 2.18. The van der Waals surface area contributed by atoms with Crippen molar-refractivity contribution in [3.63, 3.8) is 0 Å². The van der Waals surface area contributed by atoms with Gasteiger partial charge in [-0.1, -0.05) is 13.0 Å². The highest BCUT2D eigenvalue weighted by molar-refractivity contribution is 5.30. The number of benzene rings is 1. The van der Waals surface area contributed by atoms with E-state index in [0.717, 1.165) is 29.9 Å². The van der Waals surface area contributed by atoms with Crippen molar-refractivity contribution >= 4 is 0 Å². The summed E-state index contributed by atoms with van der Waals surface area (Å²) in [7, 11) is 0. The Kier molecular flexibility index (Phi) is 4.32. The van der Waals surface area contributed by atoms with E-state index in [1.54, 1.807) is 12.3 Å². The molecule has 4 heteroatoms. The van der Waals surface area contributed by atoms with Crippen LogP contribution in [-0.4, -0.2) is 9.55 Å². The molecule has 1 heterocycles. The fourth-order valence-corrected chi connectivity index (χ4v) is 2.29. The number of halogens is 1. The lowest BCUT2D eigenvalue weighted by Gasteiger charge is -2.15. The Hall–Kier alpha value is -1.68. The minimum Gasteiger partial charge on any atom is -0.335 e. The first kappa shape index (κ1) is 13.7. The molecule has 1 aromatic carbocycles. The van der Waals surface area contributed by atoms with Gasteiger partial charge >= 0.3 is 0 Å². The maximum absolute atomic E-state index is 13.3. The van der Waals surface area contributed by atoms with Gasteiger partial charge < -0.3 is 10.3 Å². The van der Waals surface area contributed by atoms with Crippen LogP contribution in [-0.2, 0) is 13.0 Å². The van der Waals surface area contributed by atoms with Crippen molar-refractivity contribution in [1.82, 2.24) is 9.55 Å². The van der Waals surface area contributed by atoms with Gasteiger partial charge in [-0.15, -0.1) is 0 Å². The molecule has 0 aliphatic carbocycles. The van der Waals surface area contributed by atoms with E-state index in [1.165, 1.54) is 12.1 Å². The van der Waals surface area contributed by atoms with Crippen molar-refractivity contribution in [3.8, 4) is 0 Å². The first-order valence-corrected chi connectivity index (χ1v) is 6.63. The van der Waals surface area contributed by atoms with Gasteiger partial charge in [0, 0.05) is 31.4 Å². The monoisotopic (exact) mass is 261 g/mol. The summed E-state index contributed by atoms with van der Waals surface area (Å²) in [5.74, 6) is 0.714. The maximum Gasteiger partial charge on any atom is 0.123 e. The Bertz CT molecular complexity index is 548. The van der Waals surface area contributed by atoms with Crippen LogP contribution in [0.5, 0.6) is 0 Å².